The van der Waals surface area contributed by atoms with Gasteiger partial charge in [0.25, 0.3) is 0 Å². The summed E-state index contributed by atoms with van der Waals surface area (Å²) in [5.74, 6) is -0.611. The van der Waals surface area contributed by atoms with Crippen LogP contribution in [-0.4, -0.2) is 21.3 Å². The third-order valence-electron chi connectivity index (χ3n) is 3.20. The minimum atomic E-state index is -1.03. The number of nitrogen functional groups attached to an aromatic ring is 1. The molecular weight excluding hydrogens is 296 g/mol. The van der Waals surface area contributed by atoms with E-state index in [0.717, 1.165) is 5.56 Å². The summed E-state index contributed by atoms with van der Waals surface area (Å²) in [4.78, 5) is 11.2. The van der Waals surface area contributed by atoms with Crippen LogP contribution in [0.15, 0.2) is 52.9 Å². The van der Waals surface area contributed by atoms with E-state index in [0.29, 0.717) is 23.7 Å². The number of para-hydroxylation sites is 1. The Morgan fingerprint density at radius 3 is 2.61 bits per heavy atom. The fourth-order valence-corrected chi connectivity index (χ4v) is 2.08. The number of aromatic nitrogens is 2. The fourth-order valence-electron chi connectivity index (χ4n) is 2.08. The predicted octanol–water partition coefficient (Wildman–Crippen LogP) is 2.68. The van der Waals surface area contributed by atoms with Crippen LogP contribution in [0.3, 0.4) is 0 Å². The maximum atomic E-state index is 11.2. The van der Waals surface area contributed by atoms with Crippen LogP contribution in [0, 0.1) is 0 Å². The van der Waals surface area contributed by atoms with Crippen molar-refractivity contribution in [2.24, 2.45) is 0 Å². The molecule has 7 heteroatoms. The molecule has 2 aromatic carbocycles. The lowest BCUT2D eigenvalue weighted by Crippen LogP contribution is -2.02. The Kier molecular flexibility index (Phi) is 3.92. The summed E-state index contributed by atoms with van der Waals surface area (Å²) in [5.41, 5.74) is 7.83. The summed E-state index contributed by atoms with van der Waals surface area (Å²) >= 11 is 0. The molecule has 0 radical (unpaired) electrons. The number of nitrogens with two attached hydrogens (primary N) is 1. The van der Waals surface area contributed by atoms with Crippen molar-refractivity contribution in [3.8, 4) is 0 Å². The SMILES string of the molecule is Nc1ccc(Cc2nnc(Nc3ccccc3C(=O)O)o2)cc1. The van der Waals surface area contributed by atoms with Gasteiger partial charge in [0.05, 0.1) is 17.7 Å². The molecule has 0 aliphatic carbocycles. The molecule has 7 nitrogen and oxygen atoms in total. The second-order valence-electron chi connectivity index (χ2n) is 4.90. The Labute approximate surface area is 131 Å². The smallest absolute Gasteiger partial charge is 0.337 e. The van der Waals surface area contributed by atoms with Gasteiger partial charge in [0.1, 0.15) is 0 Å². The van der Waals surface area contributed by atoms with Crippen LogP contribution >= 0.6 is 0 Å². The van der Waals surface area contributed by atoms with Gasteiger partial charge in [0.2, 0.25) is 5.89 Å². The Bertz CT molecular complexity index is 827. The molecule has 3 aromatic rings. The van der Waals surface area contributed by atoms with Crippen LogP contribution in [-0.2, 0) is 6.42 Å². The highest BCUT2D eigenvalue weighted by Crippen LogP contribution is 2.21. The molecule has 0 unspecified atom stereocenters. The van der Waals surface area contributed by atoms with Crippen LogP contribution in [0.5, 0.6) is 0 Å². The average molecular weight is 310 g/mol. The first-order chi connectivity index (χ1) is 11.1. The molecule has 4 N–H and O–H groups in total. The van der Waals surface area contributed by atoms with Gasteiger partial charge in [-0.05, 0) is 29.8 Å². The van der Waals surface area contributed by atoms with Gasteiger partial charge in [0.15, 0.2) is 0 Å². The van der Waals surface area contributed by atoms with Crippen LogP contribution in [0.4, 0.5) is 17.4 Å². The van der Waals surface area contributed by atoms with Crippen molar-refractivity contribution in [3.05, 3.63) is 65.5 Å². The number of anilines is 3. The number of nitrogens with zero attached hydrogens (tertiary/aromatic N) is 2. The van der Waals surface area contributed by atoms with Crippen LogP contribution in [0.1, 0.15) is 21.8 Å². The predicted molar refractivity (Wildman–Crippen MR) is 84.6 cm³/mol. The van der Waals surface area contributed by atoms with Crippen LogP contribution in [0.2, 0.25) is 0 Å². The summed E-state index contributed by atoms with van der Waals surface area (Å²) in [6, 6.07) is 14.0. The van der Waals surface area contributed by atoms with Crippen molar-refractivity contribution in [3.63, 3.8) is 0 Å². The molecule has 0 aliphatic heterocycles. The Hall–Kier alpha value is -3.35. The number of aromatic carboxylic acids is 1. The molecule has 0 spiro atoms. The van der Waals surface area contributed by atoms with Crippen molar-refractivity contribution in [2.75, 3.05) is 11.1 Å². The number of carbonyl (C=O) groups is 1. The first-order valence-electron chi connectivity index (χ1n) is 6.88. The number of carboxylic acids is 1. The number of hydrogen-bond donors (Lipinski definition) is 3. The molecular formula is C16H14N4O3. The number of hydrogen-bond acceptors (Lipinski definition) is 6. The molecule has 0 saturated carbocycles. The van der Waals surface area contributed by atoms with Gasteiger partial charge in [0, 0.05) is 5.69 Å². The van der Waals surface area contributed by atoms with Gasteiger partial charge < -0.3 is 20.6 Å². The van der Waals surface area contributed by atoms with E-state index in [1.807, 2.05) is 12.1 Å². The van der Waals surface area contributed by atoms with Gasteiger partial charge in [-0.25, -0.2) is 4.79 Å². The van der Waals surface area contributed by atoms with E-state index in [9.17, 15) is 4.79 Å². The summed E-state index contributed by atoms with van der Waals surface area (Å²) in [6.07, 6.45) is 0.468. The summed E-state index contributed by atoms with van der Waals surface area (Å²) in [6.45, 7) is 0. The van der Waals surface area contributed by atoms with Crippen molar-refractivity contribution in [2.45, 2.75) is 6.42 Å². The number of rotatable bonds is 5. The second-order valence-corrected chi connectivity index (χ2v) is 4.90. The maximum absolute atomic E-state index is 11.2. The second kappa shape index (κ2) is 6.18. The zero-order valence-electron chi connectivity index (χ0n) is 12.1. The van der Waals surface area contributed by atoms with Gasteiger partial charge in [-0.15, -0.1) is 5.10 Å². The third kappa shape index (κ3) is 3.46. The molecule has 0 aliphatic rings. The van der Waals surface area contributed by atoms with Gasteiger partial charge in [-0.3, -0.25) is 0 Å². The molecule has 0 amide bonds. The van der Waals surface area contributed by atoms with Crippen LogP contribution < -0.4 is 11.1 Å². The van der Waals surface area contributed by atoms with Crippen molar-refractivity contribution in [1.82, 2.24) is 10.2 Å². The molecule has 3 rings (SSSR count). The number of nitrogens with one attached hydrogen (secondary N) is 1. The van der Waals surface area contributed by atoms with E-state index in [1.165, 1.54) is 6.07 Å². The van der Waals surface area contributed by atoms with E-state index in [1.54, 1.807) is 30.3 Å². The molecule has 0 atom stereocenters. The molecule has 1 aromatic heterocycles. The average Bonchev–Trinajstić information content (AvgIpc) is 2.97. The van der Waals surface area contributed by atoms with E-state index < -0.39 is 5.97 Å². The third-order valence-corrected chi connectivity index (χ3v) is 3.20. The number of benzene rings is 2. The lowest BCUT2D eigenvalue weighted by molar-refractivity contribution is 0.0698. The Morgan fingerprint density at radius 1 is 1.13 bits per heavy atom. The van der Waals surface area contributed by atoms with Gasteiger partial charge in [-0.1, -0.05) is 29.4 Å². The largest absolute Gasteiger partial charge is 0.478 e. The van der Waals surface area contributed by atoms with E-state index in [2.05, 4.69) is 15.5 Å². The summed E-state index contributed by atoms with van der Waals surface area (Å²) in [5, 5.41) is 19.8. The highest BCUT2D eigenvalue weighted by atomic mass is 16.4. The van der Waals surface area contributed by atoms with Crippen molar-refractivity contribution < 1.29 is 14.3 Å². The quantitative estimate of drug-likeness (QED) is 0.621. The topological polar surface area (TPSA) is 114 Å². The first kappa shape index (κ1) is 14.6. The first-order valence-corrected chi connectivity index (χ1v) is 6.88. The molecule has 1 heterocycles. The van der Waals surface area contributed by atoms with E-state index >= 15 is 0 Å². The molecule has 23 heavy (non-hydrogen) atoms. The van der Waals surface area contributed by atoms with Crippen molar-refractivity contribution >= 4 is 23.4 Å². The van der Waals surface area contributed by atoms with Gasteiger partial charge >= 0.3 is 12.0 Å². The Balaban J connectivity index is 1.75. The highest BCUT2D eigenvalue weighted by molar-refractivity contribution is 5.94. The van der Waals surface area contributed by atoms with Gasteiger partial charge in [-0.2, -0.15) is 0 Å². The zero-order valence-corrected chi connectivity index (χ0v) is 12.1. The minimum Gasteiger partial charge on any atom is -0.478 e. The van der Waals surface area contributed by atoms with E-state index in [-0.39, 0.29) is 11.6 Å². The molecule has 0 fully saturated rings. The summed E-state index contributed by atoms with van der Waals surface area (Å²) < 4.78 is 5.50. The highest BCUT2D eigenvalue weighted by Gasteiger charge is 2.12. The van der Waals surface area contributed by atoms with Crippen molar-refractivity contribution in [1.29, 1.82) is 0 Å². The zero-order chi connectivity index (χ0) is 16.2. The Morgan fingerprint density at radius 2 is 1.87 bits per heavy atom. The molecule has 116 valence electrons. The monoisotopic (exact) mass is 310 g/mol. The minimum absolute atomic E-state index is 0.130. The number of carboxylic acid groups (broad SMARTS) is 1. The normalized spacial score (nSPS) is 10.4. The maximum Gasteiger partial charge on any atom is 0.337 e. The molecule has 0 bridgehead atoms. The summed E-state index contributed by atoms with van der Waals surface area (Å²) in [7, 11) is 0. The van der Waals surface area contributed by atoms with Crippen LogP contribution in [0.25, 0.3) is 0 Å². The lowest BCUT2D eigenvalue weighted by Gasteiger charge is -2.04. The fraction of sp³-hybridized carbons (Fsp3) is 0.0625. The standard InChI is InChI=1S/C16H14N4O3/c17-11-7-5-10(6-8-11)9-14-19-20-16(23-14)18-13-4-2-1-3-12(13)15(21)22/h1-8H,9,17H2,(H,18,20)(H,21,22). The lowest BCUT2D eigenvalue weighted by atomic mass is 10.1. The van der Waals surface area contributed by atoms with E-state index in [4.69, 9.17) is 15.3 Å². The molecule has 0 saturated heterocycles.